The van der Waals surface area contributed by atoms with E-state index in [4.69, 9.17) is 5.73 Å². The van der Waals surface area contributed by atoms with Crippen LogP contribution in [-0.2, 0) is 11.2 Å². The van der Waals surface area contributed by atoms with Gasteiger partial charge in [0.15, 0.2) is 0 Å². The molecular weight excluding hydrogens is 236 g/mol. The number of benzene rings is 1. The van der Waals surface area contributed by atoms with Gasteiger partial charge in [0.2, 0.25) is 5.91 Å². The lowest BCUT2D eigenvalue weighted by molar-refractivity contribution is -0.126. The van der Waals surface area contributed by atoms with Crippen LogP contribution >= 0.6 is 0 Å². The summed E-state index contributed by atoms with van der Waals surface area (Å²) in [4.78, 5) is 12.1. The highest BCUT2D eigenvalue weighted by molar-refractivity contribution is 5.86. The van der Waals surface area contributed by atoms with Crippen molar-refractivity contribution in [2.24, 2.45) is 5.73 Å². The molecule has 1 saturated carbocycles. The molecule has 0 aromatic heterocycles. The summed E-state index contributed by atoms with van der Waals surface area (Å²) in [6, 6.07) is 6.51. The van der Waals surface area contributed by atoms with Crippen LogP contribution in [-0.4, -0.2) is 18.0 Å². The summed E-state index contributed by atoms with van der Waals surface area (Å²) in [6.07, 6.45) is 4.65. The van der Waals surface area contributed by atoms with Crippen molar-refractivity contribution in [3.8, 4) is 0 Å². The molecule has 1 fully saturated rings. The van der Waals surface area contributed by atoms with Gasteiger partial charge in [0, 0.05) is 6.54 Å². The molecule has 104 valence electrons. The SMILES string of the molecule is Cc1cc(C)cc(CCNC(=O)C2(N)CCCC2)c1. The van der Waals surface area contributed by atoms with Gasteiger partial charge in [0.1, 0.15) is 0 Å². The Labute approximate surface area is 115 Å². The minimum absolute atomic E-state index is 0.0226. The number of nitrogens with two attached hydrogens (primary N) is 1. The number of aryl methyl sites for hydroxylation is 2. The van der Waals surface area contributed by atoms with E-state index >= 15 is 0 Å². The first-order chi connectivity index (χ1) is 8.99. The molecule has 1 amide bonds. The number of rotatable bonds is 4. The molecule has 0 spiro atoms. The predicted molar refractivity (Wildman–Crippen MR) is 78.0 cm³/mol. The van der Waals surface area contributed by atoms with E-state index in [1.54, 1.807) is 0 Å². The monoisotopic (exact) mass is 260 g/mol. The third kappa shape index (κ3) is 3.57. The number of amides is 1. The Morgan fingerprint density at radius 1 is 1.21 bits per heavy atom. The maximum Gasteiger partial charge on any atom is 0.240 e. The van der Waals surface area contributed by atoms with E-state index in [0.717, 1.165) is 32.1 Å². The fraction of sp³-hybridized carbons (Fsp3) is 0.562. The average molecular weight is 260 g/mol. The van der Waals surface area contributed by atoms with Crippen molar-refractivity contribution >= 4 is 5.91 Å². The largest absolute Gasteiger partial charge is 0.354 e. The number of hydrogen-bond acceptors (Lipinski definition) is 2. The van der Waals surface area contributed by atoms with Crippen LogP contribution in [0.1, 0.15) is 42.4 Å². The van der Waals surface area contributed by atoms with Crippen LogP contribution in [0.4, 0.5) is 0 Å². The van der Waals surface area contributed by atoms with Crippen LogP contribution in [0.15, 0.2) is 18.2 Å². The molecule has 1 aliphatic carbocycles. The van der Waals surface area contributed by atoms with Crippen LogP contribution in [0.5, 0.6) is 0 Å². The zero-order chi connectivity index (χ0) is 13.9. The molecule has 1 aromatic rings. The zero-order valence-corrected chi connectivity index (χ0v) is 12.0. The smallest absolute Gasteiger partial charge is 0.240 e. The summed E-state index contributed by atoms with van der Waals surface area (Å²) in [5, 5.41) is 2.99. The van der Waals surface area contributed by atoms with Gasteiger partial charge in [-0.3, -0.25) is 4.79 Å². The van der Waals surface area contributed by atoms with E-state index in [0.29, 0.717) is 6.54 Å². The van der Waals surface area contributed by atoms with Crippen molar-refractivity contribution in [1.82, 2.24) is 5.32 Å². The van der Waals surface area contributed by atoms with Crippen LogP contribution in [0.3, 0.4) is 0 Å². The lowest BCUT2D eigenvalue weighted by Gasteiger charge is -2.22. The summed E-state index contributed by atoms with van der Waals surface area (Å²) in [5.41, 5.74) is 9.32. The van der Waals surface area contributed by atoms with Gasteiger partial charge in [-0.25, -0.2) is 0 Å². The number of carbonyl (C=O) groups excluding carboxylic acids is 1. The second kappa shape index (κ2) is 5.74. The van der Waals surface area contributed by atoms with Crippen molar-refractivity contribution in [3.05, 3.63) is 34.9 Å². The molecule has 1 aliphatic rings. The molecule has 0 heterocycles. The quantitative estimate of drug-likeness (QED) is 0.872. The van der Waals surface area contributed by atoms with Gasteiger partial charge < -0.3 is 11.1 Å². The van der Waals surface area contributed by atoms with Gasteiger partial charge in [-0.1, -0.05) is 42.2 Å². The zero-order valence-electron chi connectivity index (χ0n) is 12.0. The Hall–Kier alpha value is -1.35. The van der Waals surface area contributed by atoms with E-state index in [9.17, 15) is 4.79 Å². The number of carbonyl (C=O) groups is 1. The van der Waals surface area contributed by atoms with E-state index in [2.05, 4.69) is 37.4 Å². The Kier molecular flexibility index (Phi) is 4.25. The summed E-state index contributed by atoms with van der Waals surface area (Å²) in [5.74, 6) is 0.0226. The lowest BCUT2D eigenvalue weighted by Crippen LogP contribution is -2.52. The van der Waals surface area contributed by atoms with Crippen molar-refractivity contribution in [2.45, 2.75) is 51.5 Å². The Morgan fingerprint density at radius 3 is 2.37 bits per heavy atom. The molecule has 1 aromatic carbocycles. The third-order valence-corrected chi connectivity index (χ3v) is 3.93. The van der Waals surface area contributed by atoms with Crippen molar-refractivity contribution < 1.29 is 4.79 Å². The number of nitrogens with one attached hydrogen (secondary N) is 1. The summed E-state index contributed by atoms with van der Waals surface area (Å²) in [7, 11) is 0. The minimum atomic E-state index is -0.609. The van der Waals surface area contributed by atoms with E-state index in [-0.39, 0.29) is 5.91 Å². The summed E-state index contributed by atoms with van der Waals surface area (Å²) in [6.45, 7) is 4.87. The molecule has 0 bridgehead atoms. The highest BCUT2D eigenvalue weighted by Crippen LogP contribution is 2.27. The van der Waals surface area contributed by atoms with E-state index in [1.165, 1.54) is 16.7 Å². The second-order valence-corrected chi connectivity index (χ2v) is 5.87. The Bertz CT molecular complexity index is 442. The van der Waals surface area contributed by atoms with Crippen LogP contribution < -0.4 is 11.1 Å². The van der Waals surface area contributed by atoms with Gasteiger partial charge in [-0.05, 0) is 38.7 Å². The topological polar surface area (TPSA) is 55.1 Å². The third-order valence-electron chi connectivity index (χ3n) is 3.93. The molecule has 0 saturated heterocycles. The van der Waals surface area contributed by atoms with E-state index < -0.39 is 5.54 Å². The Morgan fingerprint density at radius 2 is 1.79 bits per heavy atom. The highest BCUT2D eigenvalue weighted by Gasteiger charge is 2.36. The minimum Gasteiger partial charge on any atom is -0.354 e. The highest BCUT2D eigenvalue weighted by atomic mass is 16.2. The summed E-state index contributed by atoms with van der Waals surface area (Å²) >= 11 is 0. The molecule has 3 nitrogen and oxygen atoms in total. The first-order valence-electron chi connectivity index (χ1n) is 7.14. The molecule has 0 atom stereocenters. The maximum atomic E-state index is 12.1. The molecular formula is C16H24N2O. The Balaban J connectivity index is 1.84. The van der Waals surface area contributed by atoms with Gasteiger partial charge in [0.25, 0.3) is 0 Å². The fourth-order valence-corrected chi connectivity index (χ4v) is 2.94. The first kappa shape index (κ1) is 14.1. The molecule has 0 unspecified atom stereocenters. The second-order valence-electron chi connectivity index (χ2n) is 5.87. The molecule has 19 heavy (non-hydrogen) atoms. The van der Waals surface area contributed by atoms with Gasteiger partial charge in [-0.2, -0.15) is 0 Å². The van der Waals surface area contributed by atoms with Crippen LogP contribution in [0.2, 0.25) is 0 Å². The summed E-state index contributed by atoms with van der Waals surface area (Å²) < 4.78 is 0. The van der Waals surface area contributed by atoms with Crippen molar-refractivity contribution in [2.75, 3.05) is 6.54 Å². The van der Waals surface area contributed by atoms with E-state index in [1.807, 2.05) is 0 Å². The molecule has 3 heteroatoms. The van der Waals surface area contributed by atoms with Gasteiger partial charge >= 0.3 is 0 Å². The van der Waals surface area contributed by atoms with Crippen LogP contribution in [0.25, 0.3) is 0 Å². The lowest BCUT2D eigenvalue weighted by atomic mass is 9.98. The maximum absolute atomic E-state index is 12.1. The van der Waals surface area contributed by atoms with Crippen molar-refractivity contribution in [3.63, 3.8) is 0 Å². The molecule has 0 radical (unpaired) electrons. The molecule has 0 aliphatic heterocycles. The fourth-order valence-electron chi connectivity index (χ4n) is 2.94. The molecule has 3 N–H and O–H groups in total. The van der Waals surface area contributed by atoms with Gasteiger partial charge in [0.05, 0.1) is 5.54 Å². The molecule has 2 rings (SSSR count). The van der Waals surface area contributed by atoms with Crippen molar-refractivity contribution in [1.29, 1.82) is 0 Å². The standard InChI is InChI=1S/C16H24N2O/c1-12-9-13(2)11-14(10-12)5-8-18-15(19)16(17)6-3-4-7-16/h9-11H,3-8,17H2,1-2H3,(H,18,19). The average Bonchev–Trinajstić information content (AvgIpc) is 2.76. The first-order valence-corrected chi connectivity index (χ1v) is 7.14. The normalized spacial score (nSPS) is 17.4. The number of hydrogen-bond donors (Lipinski definition) is 2. The predicted octanol–water partition coefficient (Wildman–Crippen LogP) is 2.23. The van der Waals surface area contributed by atoms with Gasteiger partial charge in [-0.15, -0.1) is 0 Å². The van der Waals surface area contributed by atoms with Crippen LogP contribution in [0, 0.1) is 13.8 Å².